The molecule has 4 N–H and O–H groups in total. The van der Waals surface area contributed by atoms with E-state index in [2.05, 4.69) is 25.4 Å². The third kappa shape index (κ3) is 3.31. The van der Waals surface area contributed by atoms with Crippen LogP contribution in [0.4, 0.5) is 11.6 Å². The van der Waals surface area contributed by atoms with Gasteiger partial charge in [0.05, 0.1) is 16.3 Å². The molecule has 1 aliphatic heterocycles. The van der Waals surface area contributed by atoms with Crippen molar-refractivity contribution in [3.63, 3.8) is 0 Å². The Balaban J connectivity index is 1.61. The Hall–Kier alpha value is -3.11. The van der Waals surface area contributed by atoms with Crippen LogP contribution in [0.25, 0.3) is 11.0 Å². The lowest BCUT2D eigenvalue weighted by Gasteiger charge is -2.37. The van der Waals surface area contributed by atoms with Gasteiger partial charge in [0.25, 0.3) is 5.91 Å². The van der Waals surface area contributed by atoms with Crippen LogP contribution in [0.2, 0.25) is 0 Å². The topological polar surface area (TPSA) is 127 Å². The van der Waals surface area contributed by atoms with Crippen molar-refractivity contribution < 1.29 is 9.00 Å². The van der Waals surface area contributed by atoms with E-state index in [1.807, 2.05) is 13.0 Å². The molecular formula is C21H23N7O2S. The quantitative estimate of drug-likeness (QED) is 0.580. The van der Waals surface area contributed by atoms with E-state index in [4.69, 9.17) is 10.1 Å². The van der Waals surface area contributed by atoms with E-state index in [1.54, 1.807) is 30.5 Å². The maximum Gasteiger partial charge on any atom is 0.266 e. The van der Waals surface area contributed by atoms with Crippen LogP contribution >= 0.6 is 0 Å². The molecule has 2 aromatic heterocycles. The van der Waals surface area contributed by atoms with E-state index in [-0.39, 0.29) is 5.91 Å². The number of hydrogen-bond donors (Lipinski definition) is 3. The molecule has 0 radical (unpaired) electrons. The number of carbonyl (C=O) groups is 1. The van der Waals surface area contributed by atoms with Crippen LogP contribution < -0.4 is 15.9 Å². The van der Waals surface area contributed by atoms with E-state index in [9.17, 15) is 9.00 Å². The molecule has 10 heteroatoms. The summed E-state index contributed by atoms with van der Waals surface area (Å²) < 4.78 is 13.5. The first-order chi connectivity index (χ1) is 15.0. The van der Waals surface area contributed by atoms with Crippen molar-refractivity contribution in [2.24, 2.45) is 10.2 Å². The average Bonchev–Trinajstić information content (AvgIpc) is 3.13. The minimum absolute atomic E-state index is 0.0821. The van der Waals surface area contributed by atoms with Crippen LogP contribution in [0.5, 0.6) is 0 Å². The van der Waals surface area contributed by atoms with Gasteiger partial charge in [-0.3, -0.25) is 4.79 Å². The van der Waals surface area contributed by atoms with Gasteiger partial charge in [-0.1, -0.05) is 19.3 Å². The van der Waals surface area contributed by atoms with Gasteiger partial charge in [0.2, 0.25) is 5.95 Å². The number of benzene rings is 1. The Labute approximate surface area is 181 Å². The minimum Gasteiger partial charge on any atom is -0.324 e. The van der Waals surface area contributed by atoms with Crippen LogP contribution in [0.15, 0.2) is 46.5 Å². The maximum absolute atomic E-state index is 13.2. The summed E-state index contributed by atoms with van der Waals surface area (Å²) in [5.74, 6) is 0.335. The highest BCUT2D eigenvalue weighted by Crippen LogP contribution is 2.40. The summed E-state index contributed by atoms with van der Waals surface area (Å²) in [4.78, 5) is 22.9. The molecule has 9 nitrogen and oxygen atoms in total. The molecule has 1 amide bonds. The molecule has 5 rings (SSSR count). The molecule has 31 heavy (non-hydrogen) atoms. The number of rotatable bonds is 3. The largest absolute Gasteiger partial charge is 0.324 e. The summed E-state index contributed by atoms with van der Waals surface area (Å²) in [7, 11) is -1.52. The zero-order valence-electron chi connectivity index (χ0n) is 17.1. The van der Waals surface area contributed by atoms with Crippen molar-refractivity contribution >= 4 is 45.3 Å². The molecule has 0 saturated heterocycles. The first kappa shape index (κ1) is 19.8. The summed E-state index contributed by atoms with van der Waals surface area (Å²) in [6.45, 7) is 1.89. The Morgan fingerprint density at radius 3 is 2.65 bits per heavy atom. The molecule has 1 spiro atoms. The zero-order valence-corrected chi connectivity index (χ0v) is 17.9. The number of hydrogen-bond acceptors (Lipinski definition) is 6. The molecule has 1 saturated carbocycles. The van der Waals surface area contributed by atoms with Gasteiger partial charge in [-0.2, -0.15) is 10.1 Å². The number of fused-ring (bicyclic) bond motifs is 4. The highest BCUT2D eigenvalue weighted by atomic mass is 32.2. The highest BCUT2D eigenvalue weighted by molar-refractivity contribution is 7.82. The van der Waals surface area contributed by atoms with Gasteiger partial charge in [-0.25, -0.2) is 19.8 Å². The first-order valence-electron chi connectivity index (χ1n) is 10.3. The Kier molecular flexibility index (Phi) is 4.82. The molecule has 3 aromatic rings. The molecule has 1 unspecified atom stereocenters. The molecule has 0 bridgehead atoms. The van der Waals surface area contributed by atoms with Crippen LogP contribution in [-0.4, -0.2) is 30.4 Å². The fourth-order valence-corrected chi connectivity index (χ4v) is 4.94. The third-order valence-corrected chi connectivity index (χ3v) is 6.85. The number of nitrogens with one attached hydrogen (secondary N) is 2. The molecule has 1 fully saturated rings. The molecule has 3 heterocycles. The van der Waals surface area contributed by atoms with Crippen molar-refractivity contribution in [3.8, 4) is 0 Å². The van der Waals surface area contributed by atoms with Crippen molar-refractivity contribution in [2.45, 2.75) is 49.5 Å². The normalized spacial score (nSPS) is 18.8. The number of nitrogens with two attached hydrogens (primary N) is 1. The number of nitrogens with zero attached hydrogens (tertiary/aromatic N) is 4. The predicted octanol–water partition coefficient (Wildman–Crippen LogP) is 2.67. The van der Waals surface area contributed by atoms with Crippen LogP contribution in [0.3, 0.4) is 0 Å². The van der Waals surface area contributed by atoms with Crippen LogP contribution in [0, 0.1) is 0 Å². The fraction of sp³-hybridized carbons (Fsp3) is 0.333. The highest BCUT2D eigenvalue weighted by Gasteiger charge is 2.45. The predicted molar refractivity (Wildman–Crippen MR) is 119 cm³/mol. The van der Waals surface area contributed by atoms with E-state index in [1.165, 1.54) is 0 Å². The van der Waals surface area contributed by atoms with E-state index in [0.717, 1.165) is 54.6 Å². The Morgan fingerprint density at radius 1 is 1.19 bits per heavy atom. The molecule has 2 aliphatic rings. The summed E-state index contributed by atoms with van der Waals surface area (Å²) in [5.41, 5.74) is 5.14. The first-order valence-corrected chi connectivity index (χ1v) is 11.5. The summed E-state index contributed by atoms with van der Waals surface area (Å²) in [6, 6.07) is 8.95. The molecule has 1 atom stereocenters. The Bertz CT molecular complexity index is 1230. The Morgan fingerprint density at radius 2 is 1.94 bits per heavy atom. The van der Waals surface area contributed by atoms with E-state index in [0.29, 0.717) is 16.5 Å². The molecule has 1 aromatic carbocycles. The number of amides is 1. The minimum atomic E-state index is -1.52. The van der Waals surface area contributed by atoms with Gasteiger partial charge in [0.1, 0.15) is 22.2 Å². The van der Waals surface area contributed by atoms with Crippen molar-refractivity contribution in [1.29, 1.82) is 0 Å². The van der Waals surface area contributed by atoms with Crippen molar-refractivity contribution in [3.05, 3.63) is 42.2 Å². The van der Waals surface area contributed by atoms with Crippen LogP contribution in [0.1, 0.15) is 44.7 Å². The number of carbonyl (C=O) groups excluding carboxylic acids is 1. The van der Waals surface area contributed by atoms with Gasteiger partial charge in [0.15, 0.2) is 0 Å². The van der Waals surface area contributed by atoms with Gasteiger partial charge < -0.3 is 9.88 Å². The second-order valence-electron chi connectivity index (χ2n) is 8.01. The molecular weight excluding hydrogens is 414 g/mol. The standard InChI is InChI=1S/C21H23N7O2S/c1-13-17-11-14-12-23-20(24-15-5-7-16(8-6-15)31(22)30)25-18(14)28(17)21(19(29)27-26-13)9-3-2-4-10-21/h5-8,11-12H,2-4,9-10,22H2,1H3,(H,27,29)(H,23,24,25). The number of aromatic nitrogens is 3. The van der Waals surface area contributed by atoms with Gasteiger partial charge in [-0.05, 0) is 50.1 Å². The lowest BCUT2D eigenvalue weighted by molar-refractivity contribution is -0.131. The van der Waals surface area contributed by atoms with Crippen molar-refractivity contribution in [2.75, 3.05) is 5.32 Å². The van der Waals surface area contributed by atoms with Crippen LogP contribution in [-0.2, 0) is 21.3 Å². The number of anilines is 2. The molecule has 1 aliphatic carbocycles. The van der Waals surface area contributed by atoms with Crippen molar-refractivity contribution in [1.82, 2.24) is 20.0 Å². The molecule has 160 valence electrons. The summed E-state index contributed by atoms with van der Waals surface area (Å²) in [5, 5.41) is 13.8. The van der Waals surface area contributed by atoms with Gasteiger partial charge in [0, 0.05) is 17.3 Å². The lowest BCUT2D eigenvalue weighted by atomic mass is 9.80. The van der Waals surface area contributed by atoms with Gasteiger partial charge in [-0.15, -0.1) is 0 Å². The second kappa shape index (κ2) is 7.54. The zero-order chi connectivity index (χ0) is 21.6. The maximum atomic E-state index is 13.2. The lowest BCUT2D eigenvalue weighted by Crippen LogP contribution is -2.48. The van der Waals surface area contributed by atoms with E-state index < -0.39 is 16.5 Å². The smallest absolute Gasteiger partial charge is 0.266 e. The fourth-order valence-electron chi connectivity index (χ4n) is 4.54. The monoisotopic (exact) mass is 437 g/mol. The SMILES string of the molecule is CC1=NNC(=O)C2(CCCCC2)n2c1cc1cnc(Nc3ccc(S(N)=O)cc3)nc12. The number of hydrazone groups is 1. The summed E-state index contributed by atoms with van der Waals surface area (Å²) >= 11 is 0. The van der Waals surface area contributed by atoms with Gasteiger partial charge >= 0.3 is 0 Å². The van der Waals surface area contributed by atoms with E-state index >= 15 is 0 Å². The second-order valence-corrected chi connectivity index (χ2v) is 9.08. The summed E-state index contributed by atoms with van der Waals surface area (Å²) in [6.07, 6.45) is 6.35. The third-order valence-electron chi connectivity index (χ3n) is 6.11. The average molecular weight is 438 g/mol.